The predicted molar refractivity (Wildman–Crippen MR) is 90.9 cm³/mol. The summed E-state index contributed by atoms with van der Waals surface area (Å²) in [4.78, 5) is 4.43. The first-order chi connectivity index (χ1) is 11.1. The minimum atomic E-state index is -0.0512. The molecule has 2 heterocycles. The molecule has 0 amide bonds. The van der Waals surface area contributed by atoms with E-state index in [0.717, 1.165) is 11.0 Å². The fourth-order valence-corrected chi connectivity index (χ4v) is 3.61. The molecular weight excluding hydrogens is 332 g/mol. The number of aliphatic hydroxyl groups excluding tert-OH is 1. The molecule has 1 aromatic carbocycles. The highest BCUT2D eigenvalue weighted by molar-refractivity contribution is 8.01. The monoisotopic (exact) mass is 344 g/mol. The summed E-state index contributed by atoms with van der Waals surface area (Å²) in [5.74, 6) is 0.578. The third kappa shape index (κ3) is 2.99. The van der Waals surface area contributed by atoms with E-state index < -0.39 is 0 Å². The van der Waals surface area contributed by atoms with E-state index in [1.807, 2.05) is 37.4 Å². The molecule has 0 aliphatic carbocycles. The summed E-state index contributed by atoms with van der Waals surface area (Å²) in [6, 6.07) is 9.60. The Labute approximate surface area is 140 Å². The number of thioether (sulfide) groups is 1. The van der Waals surface area contributed by atoms with Gasteiger partial charge in [0, 0.05) is 7.05 Å². The van der Waals surface area contributed by atoms with Gasteiger partial charge in [0.15, 0.2) is 10.2 Å². The molecule has 0 spiro atoms. The number of rotatable bonds is 4. The van der Waals surface area contributed by atoms with Crippen LogP contribution in [0, 0.1) is 11.3 Å². The smallest absolute Gasteiger partial charge is 0.203 e. The van der Waals surface area contributed by atoms with E-state index in [1.54, 1.807) is 4.57 Å². The molecule has 0 fully saturated rings. The number of allylic oxidation sites excluding steroid dienone is 1. The van der Waals surface area contributed by atoms with Gasteiger partial charge in [0.1, 0.15) is 17.4 Å². The number of nitrogens with two attached hydrogens (primary N) is 1. The van der Waals surface area contributed by atoms with E-state index in [1.165, 1.54) is 23.1 Å². The Hall–Kier alpha value is -2.57. The number of anilines is 1. The minimum Gasteiger partial charge on any atom is -0.510 e. The van der Waals surface area contributed by atoms with E-state index in [2.05, 4.69) is 15.2 Å². The van der Waals surface area contributed by atoms with Crippen LogP contribution >= 0.6 is 23.1 Å². The number of hydrogen-bond acceptors (Lipinski definition) is 8. The van der Waals surface area contributed by atoms with Gasteiger partial charge in [-0.3, -0.25) is 0 Å². The van der Waals surface area contributed by atoms with Crippen molar-refractivity contribution in [3.63, 3.8) is 0 Å². The highest BCUT2D eigenvalue weighted by Crippen LogP contribution is 2.28. The Morgan fingerprint density at radius 3 is 2.87 bits per heavy atom. The number of aryl methyl sites for hydroxylation is 1. The highest BCUT2D eigenvalue weighted by atomic mass is 32.2. The van der Waals surface area contributed by atoms with E-state index in [4.69, 9.17) is 5.73 Å². The predicted octanol–water partition coefficient (Wildman–Crippen LogP) is 2.59. The van der Waals surface area contributed by atoms with E-state index in [9.17, 15) is 10.4 Å². The number of nitrogen functional groups attached to an aromatic ring is 1. The molecule has 0 radical (unpaired) electrons. The molecule has 116 valence electrons. The maximum Gasteiger partial charge on any atom is 0.203 e. The van der Waals surface area contributed by atoms with Crippen LogP contribution in [0.1, 0.15) is 5.82 Å². The average Bonchev–Trinajstić information content (AvgIpc) is 3.11. The molecule has 3 rings (SSSR count). The number of para-hydroxylation sites is 2. The van der Waals surface area contributed by atoms with Crippen molar-refractivity contribution >= 4 is 44.8 Å². The molecule has 0 aliphatic heterocycles. The number of aliphatic hydroxyl groups is 1. The summed E-state index contributed by atoms with van der Waals surface area (Å²) in [5, 5.41) is 27.7. The molecule has 3 N–H and O–H groups in total. The Kier molecular flexibility index (Phi) is 4.18. The third-order valence-corrected chi connectivity index (χ3v) is 5.06. The zero-order chi connectivity index (χ0) is 16.4. The Morgan fingerprint density at radius 2 is 2.22 bits per heavy atom. The molecule has 0 bridgehead atoms. The van der Waals surface area contributed by atoms with Crippen LogP contribution in [0.15, 0.2) is 34.4 Å². The maximum absolute atomic E-state index is 10.3. The van der Waals surface area contributed by atoms with Crippen LogP contribution in [0.5, 0.6) is 0 Å². The van der Waals surface area contributed by atoms with Crippen molar-refractivity contribution in [3.05, 3.63) is 35.8 Å². The number of nitrogens with zero attached hydrogens (tertiary/aromatic N) is 5. The average molecular weight is 344 g/mol. The summed E-state index contributed by atoms with van der Waals surface area (Å²) in [7, 11) is 1.81. The second kappa shape index (κ2) is 6.28. The largest absolute Gasteiger partial charge is 0.510 e. The first kappa shape index (κ1) is 15.3. The van der Waals surface area contributed by atoms with Crippen molar-refractivity contribution in [2.45, 2.75) is 4.34 Å². The van der Waals surface area contributed by atoms with Gasteiger partial charge in [-0.15, -0.1) is 10.2 Å². The first-order valence-corrected chi connectivity index (χ1v) is 8.36. The molecule has 0 atom stereocenters. The zero-order valence-electron chi connectivity index (χ0n) is 12.1. The lowest BCUT2D eigenvalue weighted by atomic mass is 10.2. The maximum atomic E-state index is 10.3. The van der Waals surface area contributed by atoms with E-state index in [-0.39, 0.29) is 17.1 Å². The third-order valence-electron chi connectivity index (χ3n) is 3.17. The lowest BCUT2D eigenvalue weighted by Crippen LogP contribution is -2.00. The molecular formula is C14H12N6OS2. The number of hydrogen-bond donors (Lipinski definition) is 2. The van der Waals surface area contributed by atoms with Gasteiger partial charge in [-0.25, -0.2) is 4.98 Å². The lowest BCUT2D eigenvalue weighted by molar-refractivity contribution is 0.420. The van der Waals surface area contributed by atoms with Gasteiger partial charge in [0.2, 0.25) is 5.13 Å². The van der Waals surface area contributed by atoms with E-state index in [0.29, 0.717) is 15.3 Å². The minimum absolute atomic E-state index is 0.0512. The SMILES string of the molecule is Cn1c(C(C#N)=C(O)CSc2nnc(N)s2)nc2ccccc21. The van der Waals surface area contributed by atoms with Gasteiger partial charge in [0.25, 0.3) is 0 Å². The van der Waals surface area contributed by atoms with Crippen LogP contribution < -0.4 is 5.73 Å². The normalized spacial score (nSPS) is 12.2. The fraction of sp³-hybridized carbons (Fsp3) is 0.143. The van der Waals surface area contributed by atoms with Crippen LogP contribution in [-0.2, 0) is 7.05 Å². The van der Waals surface area contributed by atoms with Crippen LogP contribution in [0.2, 0.25) is 0 Å². The summed E-state index contributed by atoms with van der Waals surface area (Å²) in [5.41, 5.74) is 7.33. The van der Waals surface area contributed by atoms with Crippen molar-refractivity contribution in [2.75, 3.05) is 11.5 Å². The second-order valence-corrected chi connectivity index (χ2v) is 6.84. The van der Waals surface area contributed by atoms with Crippen molar-refractivity contribution in [2.24, 2.45) is 7.05 Å². The summed E-state index contributed by atoms with van der Waals surface area (Å²) < 4.78 is 2.42. The number of benzene rings is 1. The van der Waals surface area contributed by atoms with Crippen molar-refractivity contribution in [1.29, 1.82) is 5.26 Å². The molecule has 0 unspecified atom stereocenters. The van der Waals surface area contributed by atoms with Crippen LogP contribution in [0.4, 0.5) is 5.13 Å². The Bertz CT molecular complexity index is 936. The van der Waals surface area contributed by atoms with Gasteiger partial charge in [-0.1, -0.05) is 35.2 Å². The first-order valence-electron chi connectivity index (χ1n) is 6.56. The number of imidazole rings is 1. The molecule has 9 heteroatoms. The lowest BCUT2D eigenvalue weighted by Gasteiger charge is -2.04. The summed E-state index contributed by atoms with van der Waals surface area (Å²) in [6.45, 7) is 0. The van der Waals surface area contributed by atoms with Crippen LogP contribution in [0.25, 0.3) is 16.6 Å². The molecule has 7 nitrogen and oxygen atoms in total. The number of nitriles is 1. The molecule has 2 aromatic heterocycles. The van der Waals surface area contributed by atoms with Gasteiger partial charge in [-0.05, 0) is 12.1 Å². The summed E-state index contributed by atoms with van der Waals surface area (Å²) in [6.07, 6.45) is 0. The van der Waals surface area contributed by atoms with Gasteiger partial charge in [-0.2, -0.15) is 5.26 Å². The quantitative estimate of drug-likeness (QED) is 0.425. The Morgan fingerprint density at radius 1 is 1.43 bits per heavy atom. The van der Waals surface area contributed by atoms with Crippen LogP contribution in [0.3, 0.4) is 0 Å². The van der Waals surface area contributed by atoms with Gasteiger partial charge < -0.3 is 15.4 Å². The van der Waals surface area contributed by atoms with Crippen LogP contribution in [-0.4, -0.2) is 30.6 Å². The van der Waals surface area contributed by atoms with Crippen molar-refractivity contribution in [1.82, 2.24) is 19.7 Å². The standard InChI is InChI=1S/C14H12N6OS2/c1-20-10-5-3-2-4-9(10)17-12(20)8(6-15)11(21)7-22-14-19-18-13(16)23-14/h2-5,21H,7H2,1H3,(H2,16,18). The van der Waals surface area contributed by atoms with Gasteiger partial charge in [0.05, 0.1) is 16.8 Å². The highest BCUT2D eigenvalue weighted by Gasteiger charge is 2.17. The van der Waals surface area contributed by atoms with Crippen molar-refractivity contribution in [3.8, 4) is 6.07 Å². The number of aromatic nitrogens is 4. The molecule has 0 aliphatic rings. The molecule has 23 heavy (non-hydrogen) atoms. The van der Waals surface area contributed by atoms with Gasteiger partial charge >= 0.3 is 0 Å². The molecule has 0 saturated heterocycles. The topological polar surface area (TPSA) is 114 Å². The number of fused-ring (bicyclic) bond motifs is 1. The van der Waals surface area contributed by atoms with E-state index >= 15 is 0 Å². The van der Waals surface area contributed by atoms with Crippen molar-refractivity contribution < 1.29 is 5.11 Å². The fourth-order valence-electron chi connectivity index (χ4n) is 2.09. The second-order valence-electron chi connectivity index (χ2n) is 4.61. The Balaban J connectivity index is 1.93. The zero-order valence-corrected chi connectivity index (χ0v) is 13.7. The summed E-state index contributed by atoms with van der Waals surface area (Å²) >= 11 is 2.50. The molecule has 3 aromatic rings. The molecule has 0 saturated carbocycles.